The molecule has 0 unspecified atom stereocenters. The number of carbonyl (C=O) groups excluding carboxylic acids is 1. The van der Waals surface area contributed by atoms with Gasteiger partial charge >= 0.3 is 0 Å². The summed E-state index contributed by atoms with van der Waals surface area (Å²) in [6.45, 7) is 3.93. The minimum atomic E-state index is -0.0948. The van der Waals surface area contributed by atoms with Crippen LogP contribution in [0.15, 0.2) is 30.5 Å². The van der Waals surface area contributed by atoms with Crippen LogP contribution in [0, 0.1) is 3.57 Å². The molecule has 1 aromatic heterocycles. The zero-order chi connectivity index (χ0) is 13.3. The smallest absolute Gasteiger partial charge is 0.212 e. The normalized spacial score (nSPS) is 10.9. The lowest BCUT2D eigenvalue weighted by Crippen LogP contribution is -2.13. The maximum Gasteiger partial charge on any atom is 0.212 e. The first kappa shape index (κ1) is 13.5. The fraction of sp³-hybridized carbons (Fsp3) is 0.231. The van der Waals surface area contributed by atoms with Gasteiger partial charge in [0.1, 0.15) is 5.69 Å². The van der Waals surface area contributed by atoms with E-state index in [4.69, 9.17) is 11.6 Å². The quantitative estimate of drug-likeness (QED) is 0.602. The van der Waals surface area contributed by atoms with Gasteiger partial charge < -0.3 is 0 Å². The lowest BCUT2D eigenvalue weighted by molar-refractivity contribution is 0.102. The van der Waals surface area contributed by atoms with Crippen LogP contribution in [0.4, 0.5) is 0 Å². The Morgan fingerprint density at radius 2 is 1.94 bits per heavy atom. The Bertz CT molecular complexity index is 575. The highest BCUT2D eigenvalue weighted by molar-refractivity contribution is 14.1. The molecule has 5 heteroatoms. The van der Waals surface area contributed by atoms with Gasteiger partial charge in [0.25, 0.3) is 0 Å². The molecule has 0 atom stereocenters. The summed E-state index contributed by atoms with van der Waals surface area (Å²) in [4.78, 5) is 12.4. The van der Waals surface area contributed by atoms with E-state index in [-0.39, 0.29) is 11.8 Å². The van der Waals surface area contributed by atoms with Crippen molar-refractivity contribution in [2.24, 2.45) is 0 Å². The Labute approximate surface area is 124 Å². The van der Waals surface area contributed by atoms with Gasteiger partial charge in [-0.25, -0.2) is 0 Å². The van der Waals surface area contributed by atoms with Crippen LogP contribution in [-0.2, 0) is 0 Å². The van der Waals surface area contributed by atoms with Crippen LogP contribution >= 0.6 is 34.2 Å². The number of hydrogen-bond donors (Lipinski definition) is 0. The van der Waals surface area contributed by atoms with E-state index in [0.717, 1.165) is 3.57 Å². The molecular weight excluding hydrogens is 363 g/mol. The monoisotopic (exact) mass is 374 g/mol. The molecule has 0 aliphatic rings. The largest absolute Gasteiger partial charge is 0.287 e. The van der Waals surface area contributed by atoms with E-state index in [1.807, 2.05) is 26.0 Å². The molecule has 0 aliphatic carbocycles. The van der Waals surface area contributed by atoms with Crippen LogP contribution in [0.2, 0.25) is 5.02 Å². The van der Waals surface area contributed by atoms with Gasteiger partial charge in [0.05, 0.1) is 11.2 Å². The lowest BCUT2D eigenvalue weighted by atomic mass is 10.1. The second-order valence-corrected chi connectivity index (χ2v) is 5.87. The van der Waals surface area contributed by atoms with Crippen molar-refractivity contribution < 1.29 is 4.79 Å². The topological polar surface area (TPSA) is 34.9 Å². The molecule has 0 N–H and O–H groups in total. The second-order valence-electron chi connectivity index (χ2n) is 4.22. The Kier molecular flexibility index (Phi) is 4.07. The van der Waals surface area contributed by atoms with Gasteiger partial charge in [0.15, 0.2) is 0 Å². The van der Waals surface area contributed by atoms with Crippen LogP contribution in [0.25, 0.3) is 0 Å². The number of hydrogen-bond acceptors (Lipinski definition) is 2. The maximum atomic E-state index is 12.4. The molecule has 2 rings (SSSR count). The minimum absolute atomic E-state index is 0.0948. The summed E-state index contributed by atoms with van der Waals surface area (Å²) in [7, 11) is 0. The van der Waals surface area contributed by atoms with Crippen molar-refractivity contribution in [3.63, 3.8) is 0 Å². The fourth-order valence-corrected chi connectivity index (χ4v) is 2.26. The Balaban J connectivity index is 2.45. The maximum absolute atomic E-state index is 12.4. The van der Waals surface area contributed by atoms with Crippen LogP contribution in [0.5, 0.6) is 0 Å². The summed E-state index contributed by atoms with van der Waals surface area (Å²) in [5.74, 6) is -0.0948. The van der Waals surface area contributed by atoms with Gasteiger partial charge in [-0.05, 0) is 60.7 Å². The first-order valence-corrected chi connectivity index (χ1v) is 6.99. The summed E-state index contributed by atoms with van der Waals surface area (Å²) in [5.41, 5.74) is 1.08. The van der Waals surface area contributed by atoms with E-state index in [1.54, 1.807) is 16.8 Å². The molecular formula is C13H12ClIN2O. The molecule has 1 heterocycles. The van der Waals surface area contributed by atoms with E-state index in [9.17, 15) is 4.79 Å². The average molecular weight is 375 g/mol. The highest BCUT2D eigenvalue weighted by Gasteiger charge is 2.20. The Hall–Kier alpha value is -0.880. The predicted octanol–water partition coefficient (Wildman–Crippen LogP) is 3.95. The molecule has 3 nitrogen and oxygen atoms in total. The van der Waals surface area contributed by atoms with E-state index in [1.165, 1.54) is 6.20 Å². The minimum Gasteiger partial charge on any atom is -0.287 e. The van der Waals surface area contributed by atoms with Crippen molar-refractivity contribution in [2.75, 3.05) is 0 Å². The van der Waals surface area contributed by atoms with Crippen molar-refractivity contribution in [1.82, 2.24) is 9.78 Å². The van der Waals surface area contributed by atoms with Crippen LogP contribution in [0.1, 0.15) is 35.9 Å². The van der Waals surface area contributed by atoms with Crippen LogP contribution in [0.3, 0.4) is 0 Å². The van der Waals surface area contributed by atoms with Gasteiger partial charge in [-0.1, -0.05) is 11.6 Å². The molecule has 2 aromatic rings. The summed E-state index contributed by atoms with van der Waals surface area (Å²) < 4.78 is 2.75. The van der Waals surface area contributed by atoms with E-state index < -0.39 is 0 Å². The number of rotatable bonds is 3. The lowest BCUT2D eigenvalue weighted by Gasteiger charge is -2.10. The second kappa shape index (κ2) is 5.40. The Morgan fingerprint density at radius 3 is 2.50 bits per heavy atom. The SMILES string of the molecule is CC(C)n1ncc(Cl)c1C(=O)c1ccc(I)cc1. The van der Waals surface area contributed by atoms with Gasteiger partial charge in [0, 0.05) is 15.2 Å². The first-order valence-electron chi connectivity index (χ1n) is 5.54. The molecule has 0 spiro atoms. The van der Waals surface area contributed by atoms with Gasteiger partial charge in [-0.3, -0.25) is 9.48 Å². The first-order chi connectivity index (χ1) is 8.50. The van der Waals surface area contributed by atoms with Gasteiger partial charge in [-0.2, -0.15) is 5.10 Å². The molecule has 1 aromatic carbocycles. The molecule has 0 saturated heterocycles. The molecule has 94 valence electrons. The summed E-state index contributed by atoms with van der Waals surface area (Å²) >= 11 is 8.26. The highest BCUT2D eigenvalue weighted by Crippen LogP contribution is 2.22. The Morgan fingerprint density at radius 1 is 1.33 bits per heavy atom. The van der Waals surface area contributed by atoms with E-state index >= 15 is 0 Å². The number of benzene rings is 1. The number of nitrogens with zero attached hydrogens (tertiary/aromatic N) is 2. The third kappa shape index (κ3) is 2.59. The molecule has 0 fully saturated rings. The van der Waals surface area contributed by atoms with Crippen LogP contribution < -0.4 is 0 Å². The van der Waals surface area contributed by atoms with Gasteiger partial charge in [0.2, 0.25) is 5.78 Å². The van der Waals surface area contributed by atoms with Crippen molar-refractivity contribution >= 4 is 40.0 Å². The highest BCUT2D eigenvalue weighted by atomic mass is 127. The van der Waals surface area contributed by atoms with Crippen molar-refractivity contribution in [3.8, 4) is 0 Å². The molecule has 0 saturated carbocycles. The molecule has 18 heavy (non-hydrogen) atoms. The van der Waals surface area contributed by atoms with Crippen molar-refractivity contribution in [3.05, 3.63) is 50.3 Å². The number of halogens is 2. The third-order valence-corrected chi connectivity index (χ3v) is 3.56. The molecule has 0 bridgehead atoms. The van der Waals surface area contributed by atoms with Crippen LogP contribution in [-0.4, -0.2) is 15.6 Å². The van der Waals surface area contributed by atoms with E-state index in [2.05, 4.69) is 27.7 Å². The predicted molar refractivity (Wildman–Crippen MR) is 80.2 cm³/mol. The molecule has 0 amide bonds. The number of aromatic nitrogens is 2. The van der Waals surface area contributed by atoms with Gasteiger partial charge in [-0.15, -0.1) is 0 Å². The third-order valence-electron chi connectivity index (χ3n) is 2.56. The summed E-state index contributed by atoms with van der Waals surface area (Å²) in [5, 5.41) is 4.54. The standard InChI is InChI=1S/C13H12ClIN2O/c1-8(2)17-12(11(14)7-16-17)13(18)9-3-5-10(15)6-4-9/h3-8H,1-2H3. The summed E-state index contributed by atoms with van der Waals surface area (Å²) in [6.07, 6.45) is 1.52. The number of carbonyl (C=O) groups is 1. The van der Waals surface area contributed by atoms with Crippen molar-refractivity contribution in [1.29, 1.82) is 0 Å². The van der Waals surface area contributed by atoms with Crippen molar-refractivity contribution in [2.45, 2.75) is 19.9 Å². The zero-order valence-corrected chi connectivity index (χ0v) is 12.9. The fourth-order valence-electron chi connectivity index (χ4n) is 1.68. The average Bonchev–Trinajstić information content (AvgIpc) is 2.71. The molecule has 0 radical (unpaired) electrons. The summed E-state index contributed by atoms with van der Waals surface area (Å²) in [6, 6.07) is 7.51. The zero-order valence-electron chi connectivity index (χ0n) is 10.0. The molecule has 0 aliphatic heterocycles. The number of ketones is 1. The van der Waals surface area contributed by atoms with E-state index in [0.29, 0.717) is 16.3 Å².